The molecule has 4 fully saturated rings. The number of fused-ring (bicyclic) bond motifs is 2. The van der Waals surface area contributed by atoms with Crippen molar-refractivity contribution in [2.45, 2.75) is 95.0 Å². The standard InChI is InChI=1S/C45H47ClFN7O5/c1-26-2-3-27(23-51-14-16-52(17-15-51)41-19-29-24-54(45(58)35(29)21-37(41)47)40-12-13-42(55)50-43(40)56)18-34(26)38-11-10-33-39(49-38)25-53(44(33)57)30-5-8-31(9-6-30)59-32-7-4-28(22-48)36(46)20-32/h4,7,10-11,19-21,27,30-31,34,40H,1-3,5-6,8-9,12-18,23-25H2,(H,50,55,56)/t27-,30?,31?,34?,40?/m1/s1. The van der Waals surface area contributed by atoms with Crippen molar-refractivity contribution in [2.24, 2.45) is 5.92 Å². The van der Waals surface area contributed by atoms with Gasteiger partial charge in [0.2, 0.25) is 11.8 Å². The van der Waals surface area contributed by atoms with Gasteiger partial charge in [-0.05, 0) is 99.2 Å². The normalized spacial score (nSPS) is 26.2. The number of halogens is 2. The van der Waals surface area contributed by atoms with Crippen molar-refractivity contribution in [1.29, 1.82) is 5.26 Å². The lowest BCUT2D eigenvalue weighted by atomic mass is 9.76. The Morgan fingerprint density at radius 2 is 1.68 bits per heavy atom. The zero-order valence-electron chi connectivity index (χ0n) is 32.9. The lowest BCUT2D eigenvalue weighted by Crippen LogP contribution is -2.52. The van der Waals surface area contributed by atoms with E-state index in [9.17, 15) is 19.2 Å². The topological polar surface area (TPSA) is 139 Å². The van der Waals surface area contributed by atoms with E-state index in [1.54, 1.807) is 24.3 Å². The maximum atomic E-state index is 15.5. The second kappa shape index (κ2) is 16.0. The maximum Gasteiger partial charge on any atom is 0.256 e. The number of carbonyl (C=O) groups excluding carboxylic acids is 4. The number of ether oxygens (including phenoxy) is 1. The fourth-order valence-electron chi connectivity index (χ4n) is 10.1. The molecule has 0 radical (unpaired) electrons. The zero-order chi connectivity index (χ0) is 40.9. The molecule has 2 unspecified atom stereocenters. The smallest absolute Gasteiger partial charge is 0.256 e. The molecule has 59 heavy (non-hydrogen) atoms. The summed E-state index contributed by atoms with van der Waals surface area (Å²) < 4.78 is 21.7. The van der Waals surface area contributed by atoms with Gasteiger partial charge in [-0.15, -0.1) is 0 Å². The first kappa shape index (κ1) is 39.2. The van der Waals surface area contributed by atoms with E-state index in [1.807, 2.05) is 21.9 Å². The van der Waals surface area contributed by atoms with E-state index in [0.29, 0.717) is 58.7 Å². The van der Waals surface area contributed by atoms with Gasteiger partial charge in [0, 0.05) is 75.0 Å². The van der Waals surface area contributed by atoms with E-state index in [2.05, 4.69) is 22.9 Å². The van der Waals surface area contributed by atoms with E-state index in [0.717, 1.165) is 76.0 Å². The number of nitrogens with one attached hydrogen (secondary N) is 1. The molecule has 14 heteroatoms. The van der Waals surface area contributed by atoms with Crippen molar-refractivity contribution in [1.82, 2.24) is 25.0 Å². The Morgan fingerprint density at radius 3 is 2.42 bits per heavy atom. The van der Waals surface area contributed by atoms with Crippen molar-refractivity contribution >= 4 is 40.9 Å². The molecule has 2 saturated heterocycles. The highest BCUT2D eigenvalue weighted by Crippen LogP contribution is 2.41. The van der Waals surface area contributed by atoms with Crippen LogP contribution < -0.4 is 15.0 Å². The Bertz CT molecular complexity index is 2280. The number of imide groups is 1. The van der Waals surface area contributed by atoms with E-state index in [-0.39, 0.29) is 60.7 Å². The van der Waals surface area contributed by atoms with Crippen LogP contribution in [0.1, 0.15) is 107 Å². The van der Waals surface area contributed by atoms with Gasteiger partial charge >= 0.3 is 0 Å². The van der Waals surface area contributed by atoms with Crippen LogP contribution in [0.4, 0.5) is 10.1 Å². The molecule has 2 saturated carbocycles. The number of carbonyl (C=O) groups is 4. The summed E-state index contributed by atoms with van der Waals surface area (Å²) in [6, 6.07) is 13.6. The number of aromatic nitrogens is 1. The lowest BCUT2D eigenvalue weighted by Gasteiger charge is -2.39. The number of allylic oxidation sites excluding steroid dienone is 1. The molecule has 4 aliphatic heterocycles. The minimum Gasteiger partial charge on any atom is -0.490 e. The first-order valence-electron chi connectivity index (χ1n) is 20.8. The number of pyridine rings is 1. The summed E-state index contributed by atoms with van der Waals surface area (Å²) in [4.78, 5) is 64.0. The highest BCUT2D eigenvalue weighted by Gasteiger charge is 2.41. The van der Waals surface area contributed by atoms with E-state index < -0.39 is 17.8 Å². The molecule has 2 aliphatic carbocycles. The van der Waals surface area contributed by atoms with Gasteiger partial charge in [-0.25, -0.2) is 4.39 Å². The van der Waals surface area contributed by atoms with Crippen molar-refractivity contribution < 1.29 is 28.3 Å². The van der Waals surface area contributed by atoms with Gasteiger partial charge in [0.05, 0.1) is 40.2 Å². The van der Waals surface area contributed by atoms with E-state index in [1.165, 1.54) is 16.5 Å². The van der Waals surface area contributed by atoms with Crippen LogP contribution in [0.3, 0.4) is 0 Å². The number of rotatable bonds is 8. The van der Waals surface area contributed by atoms with Crippen molar-refractivity contribution in [3.63, 3.8) is 0 Å². The van der Waals surface area contributed by atoms with Crippen molar-refractivity contribution in [3.8, 4) is 11.8 Å². The van der Waals surface area contributed by atoms with Crippen LogP contribution in [-0.4, -0.2) is 94.2 Å². The molecule has 4 amide bonds. The van der Waals surface area contributed by atoms with Crippen LogP contribution in [0, 0.1) is 23.1 Å². The molecule has 0 spiro atoms. The maximum absolute atomic E-state index is 15.5. The van der Waals surface area contributed by atoms with E-state index in [4.69, 9.17) is 26.6 Å². The monoisotopic (exact) mass is 819 g/mol. The van der Waals surface area contributed by atoms with Crippen LogP contribution in [0.5, 0.6) is 5.75 Å². The van der Waals surface area contributed by atoms with Gasteiger partial charge in [0.15, 0.2) is 0 Å². The molecule has 3 aromatic rings. The van der Waals surface area contributed by atoms with Crippen molar-refractivity contribution in [3.05, 3.63) is 99.1 Å². The molecule has 0 bridgehead atoms. The molecule has 1 N–H and O–H groups in total. The highest BCUT2D eigenvalue weighted by molar-refractivity contribution is 6.31. The van der Waals surface area contributed by atoms with Crippen LogP contribution in [0.25, 0.3) is 0 Å². The van der Waals surface area contributed by atoms with Crippen LogP contribution in [0.2, 0.25) is 5.02 Å². The molecular weight excluding hydrogens is 773 g/mol. The average Bonchev–Trinajstić information content (AvgIpc) is 3.73. The van der Waals surface area contributed by atoms with E-state index >= 15 is 4.39 Å². The molecule has 5 heterocycles. The summed E-state index contributed by atoms with van der Waals surface area (Å²) in [5, 5.41) is 11.9. The number of anilines is 1. The molecule has 9 rings (SSSR count). The van der Waals surface area contributed by atoms with Gasteiger partial charge in [0.25, 0.3) is 11.8 Å². The molecular formula is C45H47ClFN7O5. The summed E-state index contributed by atoms with van der Waals surface area (Å²) in [6.07, 6.45) is 6.69. The second-order valence-corrected chi connectivity index (χ2v) is 17.4. The Morgan fingerprint density at radius 1 is 0.898 bits per heavy atom. The van der Waals surface area contributed by atoms with Gasteiger partial charge in [0.1, 0.15) is 23.7 Å². The third-order valence-corrected chi connectivity index (χ3v) is 13.7. The lowest BCUT2D eigenvalue weighted by molar-refractivity contribution is -0.136. The molecule has 12 nitrogen and oxygen atoms in total. The van der Waals surface area contributed by atoms with Crippen LogP contribution in [-0.2, 0) is 22.7 Å². The molecule has 1 aromatic heterocycles. The Balaban J connectivity index is 0.775. The number of hydrogen-bond acceptors (Lipinski definition) is 9. The number of nitriles is 1. The zero-order valence-corrected chi connectivity index (χ0v) is 33.7. The molecule has 3 atom stereocenters. The van der Waals surface area contributed by atoms with Gasteiger partial charge in [-0.3, -0.25) is 34.4 Å². The SMILES string of the molecule is C=C1CC[C@@H](CN2CCN(c3cc4c(cc3F)C(=O)N(C3CCC(=O)NC3=O)C4)CC2)CC1c1ccc2c(n1)CN(C1CCC(Oc3ccc(C#N)c(Cl)c3)CC1)C2=O. The predicted molar refractivity (Wildman–Crippen MR) is 217 cm³/mol. The fourth-order valence-corrected chi connectivity index (χ4v) is 10.3. The predicted octanol–water partition coefficient (Wildman–Crippen LogP) is 6.11. The minimum absolute atomic E-state index is 0.0246. The first-order chi connectivity index (χ1) is 28.5. The van der Waals surface area contributed by atoms with Gasteiger partial charge in [-0.1, -0.05) is 23.8 Å². The summed E-state index contributed by atoms with van der Waals surface area (Å²) >= 11 is 6.21. The van der Waals surface area contributed by atoms with Crippen molar-refractivity contribution in [2.75, 3.05) is 37.6 Å². The number of hydrogen-bond donors (Lipinski definition) is 1. The third kappa shape index (κ3) is 7.69. The van der Waals surface area contributed by atoms with Gasteiger partial charge in [-0.2, -0.15) is 5.26 Å². The quantitative estimate of drug-likeness (QED) is 0.211. The number of piperidine rings is 1. The summed E-state index contributed by atoms with van der Waals surface area (Å²) in [6.45, 7) is 8.99. The van der Waals surface area contributed by atoms with Gasteiger partial charge < -0.3 is 19.4 Å². The summed E-state index contributed by atoms with van der Waals surface area (Å²) in [7, 11) is 0. The number of benzene rings is 2. The molecule has 6 aliphatic rings. The Labute approximate surface area is 347 Å². The first-order valence-corrected chi connectivity index (χ1v) is 21.2. The molecule has 306 valence electrons. The number of nitrogens with zero attached hydrogens (tertiary/aromatic N) is 6. The van der Waals surface area contributed by atoms with Crippen LogP contribution >= 0.6 is 11.6 Å². The molecule has 2 aromatic carbocycles. The Kier molecular flexibility index (Phi) is 10.6. The summed E-state index contributed by atoms with van der Waals surface area (Å²) in [5.74, 6) is -0.377. The average molecular weight is 820 g/mol. The number of amides is 4. The third-order valence-electron chi connectivity index (χ3n) is 13.4. The fraction of sp³-hybridized carbons (Fsp3) is 0.467. The summed E-state index contributed by atoms with van der Waals surface area (Å²) in [5.41, 5.74) is 5.57. The second-order valence-electron chi connectivity index (χ2n) is 17.0. The largest absolute Gasteiger partial charge is 0.490 e. The highest BCUT2D eigenvalue weighted by atomic mass is 35.5. The number of piperazine rings is 1. The van der Waals surface area contributed by atoms with Crippen LogP contribution in [0.15, 0.2) is 54.6 Å². The minimum atomic E-state index is -0.737. The Hall–Kier alpha value is -5.32.